The number of aryl methyl sites for hydroxylation is 1. The summed E-state index contributed by atoms with van der Waals surface area (Å²) in [6.07, 6.45) is 2.64. The second-order valence-electron chi connectivity index (χ2n) is 4.99. The molecule has 6 nitrogen and oxygen atoms in total. The Hall–Kier alpha value is -2.37. The third-order valence-corrected chi connectivity index (χ3v) is 3.74. The van der Waals surface area contributed by atoms with E-state index in [1.807, 2.05) is 13.8 Å². The summed E-state index contributed by atoms with van der Waals surface area (Å²) in [5, 5.41) is 6.56. The van der Waals surface area contributed by atoms with Crippen molar-refractivity contribution in [2.24, 2.45) is 0 Å². The van der Waals surface area contributed by atoms with Crippen LogP contribution in [0.3, 0.4) is 0 Å². The van der Waals surface area contributed by atoms with Crippen LogP contribution in [0.2, 0.25) is 0 Å². The highest BCUT2D eigenvalue weighted by molar-refractivity contribution is 5.99. The molecule has 1 amide bonds. The zero-order chi connectivity index (χ0) is 14.3. The molecule has 0 bridgehead atoms. The highest BCUT2D eigenvalue weighted by atomic mass is 16.5. The van der Waals surface area contributed by atoms with E-state index >= 15 is 0 Å². The number of carbonyl (C=O) groups excluding carboxylic acids is 2. The Morgan fingerprint density at radius 1 is 1.50 bits per heavy atom. The Bertz CT molecular complexity index is 684. The molecule has 1 aliphatic heterocycles. The molecule has 0 saturated heterocycles. The molecule has 3 rings (SSSR count). The molecule has 6 heteroatoms. The molecular weight excluding hydrogens is 258 g/mol. The molecule has 0 aliphatic carbocycles. The molecule has 0 saturated carbocycles. The minimum absolute atomic E-state index is 0.0748. The van der Waals surface area contributed by atoms with Crippen LogP contribution in [-0.2, 0) is 4.79 Å². The predicted octanol–water partition coefficient (Wildman–Crippen LogP) is 2.25. The van der Waals surface area contributed by atoms with Gasteiger partial charge in [-0.2, -0.15) is 0 Å². The summed E-state index contributed by atoms with van der Waals surface area (Å²) in [6.45, 7) is 3.66. The summed E-state index contributed by atoms with van der Waals surface area (Å²) in [6, 6.07) is 3.14. The van der Waals surface area contributed by atoms with E-state index in [2.05, 4.69) is 10.5 Å². The number of Topliss-reactive ketones (excluding diaryl/α,β-unsaturated/α-hetero) is 1. The SMILES string of the molecule is Cc1noc(NC(=O)C2CCC(=O)c3cccn32)c1C. The Morgan fingerprint density at radius 3 is 3.00 bits per heavy atom. The minimum atomic E-state index is -0.387. The van der Waals surface area contributed by atoms with Gasteiger partial charge in [0.15, 0.2) is 5.78 Å². The number of carbonyl (C=O) groups is 2. The molecule has 1 aliphatic rings. The lowest BCUT2D eigenvalue weighted by Crippen LogP contribution is -2.31. The normalized spacial score (nSPS) is 17.9. The fourth-order valence-corrected chi connectivity index (χ4v) is 2.42. The minimum Gasteiger partial charge on any atom is -0.338 e. The Labute approximate surface area is 115 Å². The lowest BCUT2D eigenvalue weighted by Gasteiger charge is -2.24. The molecule has 2 aromatic rings. The molecule has 1 N–H and O–H groups in total. The van der Waals surface area contributed by atoms with Gasteiger partial charge in [-0.05, 0) is 32.4 Å². The quantitative estimate of drug-likeness (QED) is 0.910. The van der Waals surface area contributed by atoms with E-state index in [1.165, 1.54) is 0 Å². The fourth-order valence-electron chi connectivity index (χ4n) is 2.42. The topological polar surface area (TPSA) is 77.1 Å². The maximum absolute atomic E-state index is 12.4. The van der Waals surface area contributed by atoms with Crippen molar-refractivity contribution in [3.05, 3.63) is 35.3 Å². The number of anilines is 1. The molecule has 20 heavy (non-hydrogen) atoms. The third-order valence-electron chi connectivity index (χ3n) is 3.74. The van der Waals surface area contributed by atoms with Crippen molar-refractivity contribution < 1.29 is 14.1 Å². The van der Waals surface area contributed by atoms with Crippen LogP contribution in [0.15, 0.2) is 22.9 Å². The summed E-state index contributed by atoms with van der Waals surface area (Å²) in [5.74, 6) is 0.262. The van der Waals surface area contributed by atoms with E-state index in [0.717, 1.165) is 11.3 Å². The molecule has 104 valence electrons. The van der Waals surface area contributed by atoms with Gasteiger partial charge >= 0.3 is 0 Å². The summed E-state index contributed by atoms with van der Waals surface area (Å²) in [5.41, 5.74) is 2.15. The van der Waals surface area contributed by atoms with Gasteiger partial charge in [0.25, 0.3) is 0 Å². The number of amides is 1. The van der Waals surface area contributed by atoms with Crippen LogP contribution in [0, 0.1) is 13.8 Å². The van der Waals surface area contributed by atoms with Crippen molar-refractivity contribution in [2.45, 2.75) is 32.7 Å². The van der Waals surface area contributed by atoms with Gasteiger partial charge in [0, 0.05) is 18.2 Å². The first kappa shape index (κ1) is 12.7. The Morgan fingerprint density at radius 2 is 2.30 bits per heavy atom. The highest BCUT2D eigenvalue weighted by Crippen LogP contribution is 2.27. The lowest BCUT2D eigenvalue weighted by atomic mass is 10.0. The lowest BCUT2D eigenvalue weighted by molar-refractivity contribution is -0.119. The zero-order valence-corrected chi connectivity index (χ0v) is 11.3. The molecule has 0 radical (unpaired) electrons. The molecule has 0 fully saturated rings. The zero-order valence-electron chi connectivity index (χ0n) is 11.3. The molecule has 1 atom stereocenters. The van der Waals surface area contributed by atoms with Gasteiger partial charge in [-0.25, -0.2) is 0 Å². The van der Waals surface area contributed by atoms with Crippen LogP contribution in [0.4, 0.5) is 5.88 Å². The van der Waals surface area contributed by atoms with Crippen molar-refractivity contribution in [3.63, 3.8) is 0 Å². The molecule has 0 aromatic carbocycles. The van der Waals surface area contributed by atoms with E-state index in [4.69, 9.17) is 4.52 Å². The second kappa shape index (κ2) is 4.63. The number of fused-ring (bicyclic) bond motifs is 1. The van der Waals surface area contributed by atoms with Crippen LogP contribution in [0.25, 0.3) is 0 Å². The highest BCUT2D eigenvalue weighted by Gasteiger charge is 2.30. The van der Waals surface area contributed by atoms with Crippen LogP contribution in [0.1, 0.15) is 40.6 Å². The number of ketones is 1. The van der Waals surface area contributed by atoms with Gasteiger partial charge in [0.05, 0.1) is 11.4 Å². The summed E-state index contributed by atoms with van der Waals surface area (Å²) >= 11 is 0. The van der Waals surface area contributed by atoms with Crippen molar-refractivity contribution in [1.82, 2.24) is 9.72 Å². The van der Waals surface area contributed by atoms with Gasteiger partial charge < -0.3 is 9.09 Å². The molecule has 2 aromatic heterocycles. The van der Waals surface area contributed by atoms with E-state index in [9.17, 15) is 9.59 Å². The summed E-state index contributed by atoms with van der Waals surface area (Å²) in [7, 11) is 0. The van der Waals surface area contributed by atoms with Crippen LogP contribution in [0.5, 0.6) is 0 Å². The molecule has 1 unspecified atom stereocenters. The standard InChI is InChI=1S/C14H15N3O3/c1-8-9(2)16-20-14(8)15-13(19)11-5-6-12(18)10-4-3-7-17(10)11/h3-4,7,11H,5-6H2,1-2H3,(H,15,19). The smallest absolute Gasteiger partial charge is 0.249 e. The van der Waals surface area contributed by atoms with Gasteiger partial charge in [-0.3, -0.25) is 14.9 Å². The predicted molar refractivity (Wildman–Crippen MR) is 71.6 cm³/mol. The van der Waals surface area contributed by atoms with E-state index in [0.29, 0.717) is 24.4 Å². The van der Waals surface area contributed by atoms with E-state index in [-0.39, 0.29) is 17.7 Å². The van der Waals surface area contributed by atoms with Gasteiger partial charge in [-0.15, -0.1) is 0 Å². The molecule has 0 spiro atoms. The largest absolute Gasteiger partial charge is 0.338 e. The number of nitrogens with one attached hydrogen (secondary N) is 1. The van der Waals surface area contributed by atoms with Gasteiger partial charge in [0.2, 0.25) is 11.8 Å². The Kier molecular flexibility index (Phi) is 2.93. The maximum Gasteiger partial charge on any atom is 0.249 e. The number of nitrogens with zero attached hydrogens (tertiary/aromatic N) is 2. The fraction of sp³-hybridized carbons (Fsp3) is 0.357. The average Bonchev–Trinajstić information content (AvgIpc) is 3.02. The average molecular weight is 273 g/mol. The maximum atomic E-state index is 12.4. The Balaban J connectivity index is 1.84. The van der Waals surface area contributed by atoms with Crippen LogP contribution in [-0.4, -0.2) is 21.4 Å². The number of hydrogen-bond acceptors (Lipinski definition) is 4. The van der Waals surface area contributed by atoms with Crippen LogP contribution >= 0.6 is 0 Å². The van der Waals surface area contributed by atoms with Crippen molar-refractivity contribution >= 4 is 17.6 Å². The van der Waals surface area contributed by atoms with Crippen LogP contribution < -0.4 is 5.32 Å². The monoisotopic (exact) mass is 273 g/mol. The summed E-state index contributed by atoms with van der Waals surface area (Å²) < 4.78 is 6.81. The first-order chi connectivity index (χ1) is 9.58. The van der Waals surface area contributed by atoms with Gasteiger partial charge in [0.1, 0.15) is 6.04 Å². The van der Waals surface area contributed by atoms with Crippen molar-refractivity contribution in [3.8, 4) is 0 Å². The van der Waals surface area contributed by atoms with Crippen molar-refractivity contribution in [2.75, 3.05) is 5.32 Å². The third kappa shape index (κ3) is 1.93. The molecule has 3 heterocycles. The second-order valence-corrected chi connectivity index (χ2v) is 4.99. The van der Waals surface area contributed by atoms with E-state index < -0.39 is 0 Å². The molecular formula is C14H15N3O3. The summed E-state index contributed by atoms with van der Waals surface area (Å²) in [4.78, 5) is 24.1. The van der Waals surface area contributed by atoms with E-state index in [1.54, 1.807) is 22.9 Å². The number of rotatable bonds is 2. The number of aromatic nitrogens is 2. The first-order valence-corrected chi connectivity index (χ1v) is 6.51. The number of hydrogen-bond donors (Lipinski definition) is 1. The van der Waals surface area contributed by atoms with Gasteiger partial charge in [-0.1, -0.05) is 5.16 Å². The first-order valence-electron chi connectivity index (χ1n) is 6.51. The van der Waals surface area contributed by atoms with Crippen molar-refractivity contribution in [1.29, 1.82) is 0 Å².